The Morgan fingerprint density at radius 1 is 1.20 bits per heavy atom. The molecule has 108 valence electrons. The van der Waals surface area contributed by atoms with Crippen LogP contribution in [0.25, 0.3) is 0 Å². The monoisotopic (exact) mass is 278 g/mol. The molecule has 2 amide bonds. The van der Waals surface area contributed by atoms with Gasteiger partial charge in [-0.2, -0.15) is 0 Å². The van der Waals surface area contributed by atoms with E-state index in [0.29, 0.717) is 0 Å². The van der Waals surface area contributed by atoms with Crippen molar-refractivity contribution < 1.29 is 19.1 Å². The third kappa shape index (κ3) is 3.81. The van der Waals surface area contributed by atoms with Crippen molar-refractivity contribution in [3.63, 3.8) is 0 Å². The van der Waals surface area contributed by atoms with Gasteiger partial charge in [-0.15, -0.1) is 0 Å². The molecule has 0 spiro atoms. The van der Waals surface area contributed by atoms with Crippen LogP contribution in [-0.4, -0.2) is 30.9 Å². The summed E-state index contributed by atoms with van der Waals surface area (Å²) in [6.45, 7) is 3.56. The fourth-order valence-electron chi connectivity index (χ4n) is 1.70. The largest absolute Gasteiger partial charge is 0.465 e. The molecule has 6 heteroatoms. The highest BCUT2D eigenvalue weighted by atomic mass is 16.5. The minimum Gasteiger partial charge on any atom is -0.465 e. The second kappa shape index (κ2) is 6.70. The molecule has 1 rings (SSSR count). The van der Waals surface area contributed by atoms with Gasteiger partial charge in [0.15, 0.2) is 0 Å². The van der Waals surface area contributed by atoms with Crippen LogP contribution in [0.4, 0.5) is 0 Å². The lowest BCUT2D eigenvalue weighted by molar-refractivity contribution is -0.120. The van der Waals surface area contributed by atoms with Crippen LogP contribution >= 0.6 is 0 Å². The van der Waals surface area contributed by atoms with Crippen molar-refractivity contribution in [2.45, 2.75) is 19.9 Å². The van der Waals surface area contributed by atoms with Gasteiger partial charge >= 0.3 is 5.97 Å². The van der Waals surface area contributed by atoms with Gasteiger partial charge in [0.2, 0.25) is 5.91 Å². The molecule has 3 N–H and O–H groups in total. The number of nitrogens with two attached hydrogens (primary N) is 1. The molecule has 0 aliphatic carbocycles. The van der Waals surface area contributed by atoms with E-state index < -0.39 is 23.8 Å². The van der Waals surface area contributed by atoms with E-state index in [1.165, 1.54) is 19.2 Å². The van der Waals surface area contributed by atoms with Crippen molar-refractivity contribution in [3.8, 4) is 0 Å². The molecule has 0 saturated heterocycles. The number of amides is 2. The second-order valence-electron chi connectivity index (χ2n) is 4.67. The predicted molar refractivity (Wildman–Crippen MR) is 73.1 cm³/mol. The first kappa shape index (κ1) is 15.7. The second-order valence-corrected chi connectivity index (χ2v) is 4.67. The van der Waals surface area contributed by atoms with Crippen molar-refractivity contribution in [3.05, 3.63) is 35.4 Å². The summed E-state index contributed by atoms with van der Waals surface area (Å²) in [6.07, 6.45) is 0. The number of rotatable bonds is 5. The lowest BCUT2D eigenvalue weighted by atomic mass is 10.0. The lowest BCUT2D eigenvalue weighted by Crippen LogP contribution is -2.47. The number of carbonyl (C=O) groups excluding carboxylic acids is 3. The maximum Gasteiger partial charge on any atom is 0.337 e. The molecule has 6 nitrogen and oxygen atoms in total. The number of primary amides is 1. The zero-order valence-electron chi connectivity index (χ0n) is 11.7. The molecule has 20 heavy (non-hydrogen) atoms. The van der Waals surface area contributed by atoms with Gasteiger partial charge in [0.05, 0.1) is 12.7 Å². The highest BCUT2D eigenvalue weighted by Crippen LogP contribution is 2.08. The molecular formula is C14H18N2O4. The fourth-order valence-corrected chi connectivity index (χ4v) is 1.70. The molecule has 0 fully saturated rings. The molecule has 0 aliphatic rings. The smallest absolute Gasteiger partial charge is 0.337 e. The average molecular weight is 278 g/mol. The molecule has 0 aromatic heterocycles. The number of ether oxygens (including phenoxy) is 1. The van der Waals surface area contributed by atoms with Gasteiger partial charge in [0.25, 0.3) is 5.91 Å². The SMILES string of the molecule is COC(=O)c1cccc(C(=O)NC(C(N)=O)C(C)C)c1. The van der Waals surface area contributed by atoms with E-state index >= 15 is 0 Å². The van der Waals surface area contributed by atoms with Crippen LogP contribution in [0, 0.1) is 5.92 Å². The average Bonchev–Trinajstić information content (AvgIpc) is 2.42. The number of esters is 1. The van der Waals surface area contributed by atoms with Gasteiger partial charge in [0, 0.05) is 5.56 Å². The molecule has 1 atom stereocenters. The number of hydrogen-bond donors (Lipinski definition) is 2. The summed E-state index contributed by atoms with van der Waals surface area (Å²) in [5.41, 5.74) is 5.76. The molecule has 0 aliphatic heterocycles. The Morgan fingerprint density at radius 2 is 1.80 bits per heavy atom. The van der Waals surface area contributed by atoms with Crippen molar-refractivity contribution in [2.75, 3.05) is 7.11 Å². The number of hydrogen-bond acceptors (Lipinski definition) is 4. The Morgan fingerprint density at radius 3 is 2.30 bits per heavy atom. The lowest BCUT2D eigenvalue weighted by Gasteiger charge is -2.19. The third-order valence-corrected chi connectivity index (χ3v) is 2.81. The number of methoxy groups -OCH3 is 1. The van der Waals surface area contributed by atoms with Crippen LogP contribution in [0.1, 0.15) is 34.6 Å². The van der Waals surface area contributed by atoms with Crippen molar-refractivity contribution in [1.82, 2.24) is 5.32 Å². The molecule has 0 heterocycles. The normalized spacial score (nSPS) is 11.8. The van der Waals surface area contributed by atoms with E-state index in [-0.39, 0.29) is 17.0 Å². The van der Waals surface area contributed by atoms with E-state index in [1.54, 1.807) is 26.0 Å². The molecule has 1 aromatic carbocycles. The van der Waals surface area contributed by atoms with E-state index in [2.05, 4.69) is 10.1 Å². The van der Waals surface area contributed by atoms with Crippen LogP contribution in [0.2, 0.25) is 0 Å². The quantitative estimate of drug-likeness (QED) is 0.775. The van der Waals surface area contributed by atoms with Crippen molar-refractivity contribution in [2.24, 2.45) is 11.7 Å². The zero-order chi connectivity index (χ0) is 15.3. The van der Waals surface area contributed by atoms with Crippen molar-refractivity contribution >= 4 is 17.8 Å². The number of benzene rings is 1. The van der Waals surface area contributed by atoms with Crippen LogP contribution in [-0.2, 0) is 9.53 Å². The molecule has 0 saturated carbocycles. The number of nitrogens with one attached hydrogen (secondary N) is 1. The van der Waals surface area contributed by atoms with Gasteiger partial charge in [-0.1, -0.05) is 19.9 Å². The molecular weight excluding hydrogens is 260 g/mol. The summed E-state index contributed by atoms with van der Waals surface area (Å²) in [7, 11) is 1.26. The van der Waals surface area contributed by atoms with E-state index in [9.17, 15) is 14.4 Å². The zero-order valence-corrected chi connectivity index (χ0v) is 11.7. The first-order chi connectivity index (χ1) is 9.36. The Labute approximate surface area is 117 Å². The first-order valence-corrected chi connectivity index (χ1v) is 6.15. The van der Waals surface area contributed by atoms with E-state index in [4.69, 9.17) is 5.73 Å². The van der Waals surface area contributed by atoms with Crippen LogP contribution in [0.3, 0.4) is 0 Å². The summed E-state index contributed by atoms with van der Waals surface area (Å²) in [5, 5.41) is 2.55. The molecule has 1 unspecified atom stereocenters. The van der Waals surface area contributed by atoms with Crippen LogP contribution in [0.5, 0.6) is 0 Å². The summed E-state index contributed by atoms with van der Waals surface area (Å²) >= 11 is 0. The van der Waals surface area contributed by atoms with Gasteiger partial charge < -0.3 is 15.8 Å². The summed E-state index contributed by atoms with van der Waals surface area (Å²) in [5.74, 6) is -1.72. The van der Waals surface area contributed by atoms with E-state index in [0.717, 1.165) is 0 Å². The van der Waals surface area contributed by atoms with Crippen LogP contribution in [0.15, 0.2) is 24.3 Å². The summed E-state index contributed by atoms with van der Waals surface area (Å²) in [6, 6.07) is 5.29. The topological polar surface area (TPSA) is 98.5 Å². The Kier molecular flexibility index (Phi) is 5.25. The maximum atomic E-state index is 12.1. The van der Waals surface area contributed by atoms with E-state index in [1.807, 2.05) is 0 Å². The summed E-state index contributed by atoms with van der Waals surface area (Å²) in [4.78, 5) is 34.7. The highest BCUT2D eigenvalue weighted by Gasteiger charge is 2.22. The number of carbonyl (C=O) groups is 3. The van der Waals surface area contributed by atoms with Crippen LogP contribution < -0.4 is 11.1 Å². The maximum absolute atomic E-state index is 12.1. The summed E-state index contributed by atoms with van der Waals surface area (Å²) < 4.78 is 4.58. The Bertz CT molecular complexity index is 526. The van der Waals surface area contributed by atoms with Gasteiger partial charge in [-0.25, -0.2) is 4.79 Å². The van der Waals surface area contributed by atoms with Crippen molar-refractivity contribution in [1.29, 1.82) is 0 Å². The van der Waals surface area contributed by atoms with Gasteiger partial charge in [-0.05, 0) is 24.1 Å². The van der Waals surface area contributed by atoms with Gasteiger partial charge in [-0.3, -0.25) is 9.59 Å². The molecule has 0 bridgehead atoms. The molecule has 0 radical (unpaired) electrons. The highest BCUT2D eigenvalue weighted by molar-refractivity contribution is 5.99. The minimum atomic E-state index is -0.760. The first-order valence-electron chi connectivity index (χ1n) is 6.15. The Hall–Kier alpha value is -2.37. The minimum absolute atomic E-state index is 0.125. The Balaban J connectivity index is 2.92. The molecule has 1 aromatic rings. The fraction of sp³-hybridized carbons (Fsp3) is 0.357. The third-order valence-electron chi connectivity index (χ3n) is 2.81. The standard InChI is InChI=1S/C14H18N2O4/c1-8(2)11(12(15)17)16-13(18)9-5-4-6-10(7-9)14(19)20-3/h4-8,11H,1-3H3,(H2,15,17)(H,16,18). The predicted octanol–water partition coefficient (Wildman–Crippen LogP) is 0.713. The van der Waals surface area contributed by atoms with Gasteiger partial charge in [0.1, 0.15) is 6.04 Å².